The molecule has 0 saturated heterocycles. The topological polar surface area (TPSA) is 29.1 Å². The van der Waals surface area contributed by atoms with Crippen molar-refractivity contribution in [3.63, 3.8) is 0 Å². The zero-order chi connectivity index (χ0) is 12.1. The molecule has 1 N–H and O–H groups in total. The second-order valence-corrected chi connectivity index (χ2v) is 4.65. The Morgan fingerprint density at radius 3 is 2.75 bits per heavy atom. The summed E-state index contributed by atoms with van der Waals surface area (Å²) < 4.78 is 1.01. The second-order valence-electron chi connectivity index (χ2n) is 3.73. The molecule has 1 unspecified atom stereocenters. The van der Waals surface area contributed by atoms with Gasteiger partial charge in [-0.25, -0.2) is 0 Å². The van der Waals surface area contributed by atoms with Gasteiger partial charge < -0.3 is 5.32 Å². The number of carbonyl (C=O) groups is 1. The van der Waals surface area contributed by atoms with Gasteiger partial charge in [-0.15, -0.1) is 0 Å². The predicted molar refractivity (Wildman–Crippen MR) is 71.6 cm³/mol. The van der Waals surface area contributed by atoms with Crippen molar-refractivity contribution in [3.05, 3.63) is 28.2 Å². The highest BCUT2D eigenvalue weighted by Crippen LogP contribution is 2.27. The maximum absolute atomic E-state index is 11.6. The van der Waals surface area contributed by atoms with E-state index in [4.69, 9.17) is 0 Å². The Balaban J connectivity index is 0.000000606. The van der Waals surface area contributed by atoms with Gasteiger partial charge in [-0.2, -0.15) is 0 Å². The van der Waals surface area contributed by atoms with E-state index in [9.17, 15) is 4.79 Å². The fraction of sp³-hybridized carbons (Fsp3) is 0.462. The lowest BCUT2D eigenvalue weighted by atomic mass is 10.0. The number of carbonyl (C=O) groups excluding carboxylic acids is 1. The molecule has 3 heteroatoms. The normalized spacial score (nSPS) is 18.8. The van der Waals surface area contributed by atoms with Gasteiger partial charge >= 0.3 is 0 Å². The smallest absolute Gasteiger partial charge is 0.227 e. The number of anilines is 1. The van der Waals surface area contributed by atoms with Gasteiger partial charge in [0, 0.05) is 16.1 Å². The number of amides is 1. The largest absolute Gasteiger partial charge is 0.326 e. The Morgan fingerprint density at radius 1 is 1.38 bits per heavy atom. The van der Waals surface area contributed by atoms with Crippen LogP contribution in [0.1, 0.15) is 32.8 Å². The van der Waals surface area contributed by atoms with Crippen molar-refractivity contribution in [1.82, 2.24) is 0 Å². The molecule has 2 rings (SSSR count). The van der Waals surface area contributed by atoms with Crippen molar-refractivity contribution >= 4 is 27.5 Å². The fourth-order valence-electron chi connectivity index (χ4n) is 1.64. The maximum atomic E-state index is 11.6. The minimum atomic E-state index is 0.112. The lowest BCUT2D eigenvalue weighted by Gasteiger charge is -2.07. The lowest BCUT2D eigenvalue weighted by molar-refractivity contribution is -0.119. The number of fused-ring (bicyclic) bond motifs is 1. The van der Waals surface area contributed by atoms with Gasteiger partial charge in [-0.1, -0.05) is 42.8 Å². The Hall–Kier alpha value is -0.830. The summed E-state index contributed by atoms with van der Waals surface area (Å²) in [5.74, 6) is 0.239. The molecule has 88 valence electrons. The highest BCUT2D eigenvalue weighted by Gasteiger charge is 2.19. The number of benzene rings is 1. The number of rotatable bonds is 0. The molecular weight excluding hydrogens is 266 g/mol. The highest BCUT2D eigenvalue weighted by molar-refractivity contribution is 9.10. The third-order valence-electron chi connectivity index (χ3n) is 2.62. The minimum absolute atomic E-state index is 0.112. The van der Waals surface area contributed by atoms with Gasteiger partial charge in [-0.05, 0) is 30.5 Å². The van der Waals surface area contributed by atoms with Crippen molar-refractivity contribution in [2.45, 2.75) is 33.6 Å². The van der Waals surface area contributed by atoms with Crippen LogP contribution in [0, 0.1) is 5.92 Å². The molecule has 1 aromatic rings. The molecule has 0 aromatic heterocycles. The highest BCUT2D eigenvalue weighted by atomic mass is 79.9. The Morgan fingerprint density at radius 2 is 2.06 bits per heavy atom. The summed E-state index contributed by atoms with van der Waals surface area (Å²) in [6, 6.07) is 6.05. The number of hydrogen-bond acceptors (Lipinski definition) is 1. The molecule has 2 nitrogen and oxygen atoms in total. The van der Waals surface area contributed by atoms with Gasteiger partial charge in [0.15, 0.2) is 0 Å². The molecule has 0 saturated carbocycles. The summed E-state index contributed by atoms with van der Waals surface area (Å²) in [5, 5.41) is 2.94. The first-order valence-electron chi connectivity index (χ1n) is 5.76. The van der Waals surface area contributed by atoms with Crippen LogP contribution in [0.2, 0.25) is 0 Å². The lowest BCUT2D eigenvalue weighted by Crippen LogP contribution is -2.18. The molecule has 1 aliphatic heterocycles. The molecule has 0 bridgehead atoms. The molecule has 0 aliphatic carbocycles. The van der Waals surface area contributed by atoms with Crippen molar-refractivity contribution in [2.24, 2.45) is 5.92 Å². The third-order valence-corrected chi connectivity index (χ3v) is 3.12. The van der Waals surface area contributed by atoms with E-state index in [0.29, 0.717) is 0 Å². The van der Waals surface area contributed by atoms with Crippen LogP contribution in [0.25, 0.3) is 0 Å². The molecule has 0 radical (unpaired) electrons. The molecule has 1 heterocycles. The van der Waals surface area contributed by atoms with Crippen LogP contribution in [-0.4, -0.2) is 5.91 Å². The van der Waals surface area contributed by atoms with Crippen LogP contribution >= 0.6 is 15.9 Å². The van der Waals surface area contributed by atoms with Gasteiger partial charge in [-0.3, -0.25) is 4.79 Å². The van der Waals surface area contributed by atoms with E-state index >= 15 is 0 Å². The fourth-order valence-corrected chi connectivity index (χ4v) is 2.00. The average molecular weight is 284 g/mol. The number of hydrogen-bond donors (Lipinski definition) is 1. The first-order chi connectivity index (χ1) is 7.66. The molecule has 1 amide bonds. The summed E-state index contributed by atoms with van der Waals surface area (Å²) in [7, 11) is 0. The summed E-state index contributed by atoms with van der Waals surface area (Å²) in [5.41, 5.74) is 2.18. The number of nitrogens with one attached hydrogen (secondary N) is 1. The predicted octanol–water partition coefficient (Wildman–Crippen LogP) is 4.00. The standard InChI is InChI=1S/C11H12BrNO.C2H6/c1-7-2-3-8-4-5-9(12)6-10(8)13-11(7)14;1-2/h4-7H,2-3H2,1H3,(H,13,14);1-2H3. The minimum Gasteiger partial charge on any atom is -0.326 e. The molecule has 0 spiro atoms. The average Bonchev–Trinajstić information content (AvgIpc) is 2.42. The molecule has 1 atom stereocenters. The van der Waals surface area contributed by atoms with Crippen LogP contribution < -0.4 is 5.32 Å². The van der Waals surface area contributed by atoms with Gasteiger partial charge in [0.25, 0.3) is 0 Å². The van der Waals surface area contributed by atoms with Crippen molar-refractivity contribution in [3.8, 4) is 0 Å². The Bertz CT molecular complexity index is 376. The first kappa shape index (κ1) is 13.2. The summed E-state index contributed by atoms with van der Waals surface area (Å²) in [6.07, 6.45) is 1.91. The number of aryl methyl sites for hydroxylation is 1. The molecule has 1 aliphatic rings. The SMILES string of the molecule is CC.CC1CCc2ccc(Br)cc2NC1=O. The van der Waals surface area contributed by atoms with E-state index < -0.39 is 0 Å². The molecule has 0 fully saturated rings. The van der Waals surface area contributed by atoms with E-state index in [2.05, 4.69) is 27.3 Å². The van der Waals surface area contributed by atoms with E-state index in [0.717, 1.165) is 23.0 Å². The summed E-state index contributed by atoms with van der Waals surface area (Å²) in [4.78, 5) is 11.6. The second kappa shape index (κ2) is 6.04. The van der Waals surface area contributed by atoms with Crippen LogP contribution in [-0.2, 0) is 11.2 Å². The van der Waals surface area contributed by atoms with Crippen LogP contribution in [0.5, 0.6) is 0 Å². The quantitative estimate of drug-likeness (QED) is 0.766. The van der Waals surface area contributed by atoms with Crippen LogP contribution in [0.4, 0.5) is 5.69 Å². The molecule has 1 aromatic carbocycles. The van der Waals surface area contributed by atoms with E-state index in [-0.39, 0.29) is 11.8 Å². The van der Waals surface area contributed by atoms with Crippen molar-refractivity contribution in [1.29, 1.82) is 0 Å². The molecular formula is C13H18BrNO. The summed E-state index contributed by atoms with van der Waals surface area (Å²) >= 11 is 3.40. The molecule has 16 heavy (non-hydrogen) atoms. The maximum Gasteiger partial charge on any atom is 0.227 e. The van der Waals surface area contributed by atoms with E-state index in [1.807, 2.05) is 32.9 Å². The summed E-state index contributed by atoms with van der Waals surface area (Å²) in [6.45, 7) is 5.97. The van der Waals surface area contributed by atoms with Crippen LogP contribution in [0.3, 0.4) is 0 Å². The number of halogens is 1. The van der Waals surface area contributed by atoms with E-state index in [1.54, 1.807) is 0 Å². The first-order valence-corrected chi connectivity index (χ1v) is 6.55. The Kier molecular flexibility index (Phi) is 5.00. The van der Waals surface area contributed by atoms with Gasteiger partial charge in [0.05, 0.1) is 0 Å². The van der Waals surface area contributed by atoms with Crippen molar-refractivity contribution in [2.75, 3.05) is 5.32 Å². The zero-order valence-electron chi connectivity index (χ0n) is 10.0. The van der Waals surface area contributed by atoms with Crippen LogP contribution in [0.15, 0.2) is 22.7 Å². The third kappa shape index (κ3) is 3.08. The Labute approximate surface area is 106 Å². The van der Waals surface area contributed by atoms with Gasteiger partial charge in [0.1, 0.15) is 0 Å². The van der Waals surface area contributed by atoms with E-state index in [1.165, 1.54) is 5.56 Å². The van der Waals surface area contributed by atoms with Gasteiger partial charge in [0.2, 0.25) is 5.91 Å². The monoisotopic (exact) mass is 283 g/mol. The zero-order valence-corrected chi connectivity index (χ0v) is 11.6. The van der Waals surface area contributed by atoms with Crippen molar-refractivity contribution < 1.29 is 4.79 Å².